The number of sulfonamides is 1. The van der Waals surface area contributed by atoms with Gasteiger partial charge in [0.15, 0.2) is 0 Å². The van der Waals surface area contributed by atoms with Crippen LogP contribution in [-0.4, -0.2) is 42.9 Å². The maximum Gasteiger partial charge on any atom is 0.304 e. The molecule has 0 bridgehead atoms. The number of likely N-dealkylation sites (tertiary alicyclic amines) is 1. The first-order valence-corrected chi connectivity index (χ1v) is 16.9. The molecule has 3 aromatic carbocycles. The topological polar surface area (TPSA) is 104 Å². The van der Waals surface area contributed by atoms with E-state index in [0.29, 0.717) is 15.6 Å². The minimum absolute atomic E-state index is 0.00751. The predicted octanol–water partition coefficient (Wildman–Crippen LogP) is 7.13. The molecule has 2 N–H and O–H groups in total. The lowest BCUT2D eigenvalue weighted by Crippen LogP contribution is -2.59. The van der Waals surface area contributed by atoms with Gasteiger partial charge in [0.1, 0.15) is 5.82 Å². The number of benzene rings is 3. The summed E-state index contributed by atoms with van der Waals surface area (Å²) in [6.45, 7) is 3.09. The van der Waals surface area contributed by atoms with E-state index in [1.807, 2.05) is 30.3 Å². The highest BCUT2D eigenvalue weighted by Crippen LogP contribution is 2.54. The molecule has 5 rings (SSSR count). The molecule has 1 saturated carbocycles. The highest BCUT2D eigenvalue weighted by molar-refractivity contribution is 7.89. The summed E-state index contributed by atoms with van der Waals surface area (Å²) in [5.74, 6) is -2.31. The van der Waals surface area contributed by atoms with Crippen molar-refractivity contribution in [3.8, 4) is 0 Å². The zero-order chi connectivity index (χ0) is 31.8. The van der Waals surface area contributed by atoms with Gasteiger partial charge in [0.2, 0.25) is 15.9 Å². The molecule has 1 unspecified atom stereocenters. The van der Waals surface area contributed by atoms with Gasteiger partial charge in [-0.3, -0.25) is 9.59 Å². The van der Waals surface area contributed by atoms with E-state index in [1.54, 1.807) is 36.1 Å². The fraction of sp³-hybridized carbons (Fsp3) is 0.394. The zero-order valence-corrected chi connectivity index (χ0v) is 26.7. The van der Waals surface area contributed by atoms with E-state index in [1.165, 1.54) is 25.1 Å². The number of hydrogen-bond acceptors (Lipinski definition) is 4. The van der Waals surface area contributed by atoms with Crippen LogP contribution >= 0.6 is 23.2 Å². The first-order valence-electron chi connectivity index (χ1n) is 14.6. The van der Waals surface area contributed by atoms with Crippen LogP contribution in [0.4, 0.5) is 4.39 Å². The molecule has 0 radical (unpaired) electrons. The van der Waals surface area contributed by atoms with Crippen molar-refractivity contribution >= 4 is 45.1 Å². The van der Waals surface area contributed by atoms with Gasteiger partial charge < -0.3 is 10.0 Å². The van der Waals surface area contributed by atoms with Crippen LogP contribution in [0.2, 0.25) is 10.0 Å². The Bertz CT molecular complexity index is 1650. The summed E-state index contributed by atoms with van der Waals surface area (Å²) in [6, 6.07) is 18.9. The molecule has 2 fully saturated rings. The van der Waals surface area contributed by atoms with Crippen molar-refractivity contribution in [2.45, 2.75) is 62.8 Å². The third-order valence-corrected chi connectivity index (χ3v) is 11.2. The number of halogens is 3. The Morgan fingerprint density at radius 3 is 2.34 bits per heavy atom. The number of aliphatic carboxylic acids is 1. The normalized spacial score (nSPS) is 23.8. The van der Waals surface area contributed by atoms with E-state index in [0.717, 1.165) is 24.0 Å². The molecule has 1 aliphatic carbocycles. The maximum absolute atomic E-state index is 14.6. The van der Waals surface area contributed by atoms with Crippen LogP contribution in [0.15, 0.2) is 72.8 Å². The molecular weight excluding hydrogens is 626 g/mol. The van der Waals surface area contributed by atoms with E-state index in [4.69, 9.17) is 23.2 Å². The molecule has 2 aliphatic rings. The van der Waals surface area contributed by atoms with E-state index in [2.05, 4.69) is 4.72 Å². The third-order valence-electron chi connectivity index (χ3n) is 8.93. The van der Waals surface area contributed by atoms with Gasteiger partial charge in [-0.25, -0.2) is 17.5 Å². The lowest BCUT2D eigenvalue weighted by atomic mass is 9.67. The van der Waals surface area contributed by atoms with Crippen LogP contribution in [0.5, 0.6) is 0 Å². The summed E-state index contributed by atoms with van der Waals surface area (Å²) in [7, 11) is -3.98. The second kappa shape index (κ2) is 12.8. The number of nitrogens with one attached hydrogen (secondary N) is 1. The Morgan fingerprint density at radius 2 is 1.73 bits per heavy atom. The molecule has 44 heavy (non-hydrogen) atoms. The van der Waals surface area contributed by atoms with Gasteiger partial charge in [-0.05, 0) is 85.2 Å². The largest absolute Gasteiger partial charge is 0.481 e. The van der Waals surface area contributed by atoms with Crippen molar-refractivity contribution in [1.82, 2.24) is 9.62 Å². The van der Waals surface area contributed by atoms with E-state index in [-0.39, 0.29) is 37.1 Å². The van der Waals surface area contributed by atoms with Gasteiger partial charge in [-0.1, -0.05) is 66.5 Å². The third kappa shape index (κ3) is 6.96. The van der Waals surface area contributed by atoms with Crippen molar-refractivity contribution in [2.24, 2.45) is 11.3 Å². The average Bonchev–Trinajstić information content (AvgIpc) is 3.80. The molecule has 0 aromatic heterocycles. The van der Waals surface area contributed by atoms with Crippen molar-refractivity contribution in [3.63, 3.8) is 0 Å². The number of carboxylic acids is 1. The van der Waals surface area contributed by atoms with Gasteiger partial charge in [0, 0.05) is 28.5 Å². The standard InChI is InChI=1S/C33H35Cl2FN2O5S/c1-20(23-5-4-8-27(36)16-23)44(42,43)37-19-29(21-9-10-21)38-31(22-11-13-25(34)14-12-22)28(24-6-3-7-26(35)15-24)17-33(2,32(38)41)18-30(39)40/h3-8,11-16,20-21,28-29,31,37H,9-10,17-19H2,1-2H3,(H,39,40)/t20?,28-,29-,31-,33-/m1/s1. The van der Waals surface area contributed by atoms with E-state index < -0.39 is 44.6 Å². The van der Waals surface area contributed by atoms with Crippen LogP contribution in [0.1, 0.15) is 73.4 Å². The van der Waals surface area contributed by atoms with Crippen LogP contribution in [0.25, 0.3) is 0 Å². The smallest absolute Gasteiger partial charge is 0.304 e. The fourth-order valence-electron chi connectivity index (χ4n) is 6.48. The highest BCUT2D eigenvalue weighted by Gasteiger charge is 2.54. The van der Waals surface area contributed by atoms with Gasteiger partial charge in [-0.15, -0.1) is 0 Å². The van der Waals surface area contributed by atoms with E-state index >= 15 is 0 Å². The minimum Gasteiger partial charge on any atom is -0.481 e. The summed E-state index contributed by atoms with van der Waals surface area (Å²) in [5, 5.41) is 9.88. The number of piperidine rings is 1. The summed E-state index contributed by atoms with van der Waals surface area (Å²) < 4.78 is 43.6. The van der Waals surface area contributed by atoms with Gasteiger partial charge >= 0.3 is 5.97 Å². The highest BCUT2D eigenvalue weighted by atomic mass is 35.5. The van der Waals surface area contributed by atoms with Crippen LogP contribution in [0, 0.1) is 17.2 Å². The molecule has 3 aromatic rings. The second-order valence-electron chi connectivity index (χ2n) is 12.2. The first-order chi connectivity index (χ1) is 20.8. The Hall–Kier alpha value is -2.98. The zero-order valence-electron chi connectivity index (χ0n) is 24.4. The number of hydrogen-bond donors (Lipinski definition) is 2. The molecule has 11 heteroatoms. The molecule has 234 valence electrons. The number of carboxylic acid groups (broad SMARTS) is 1. The lowest BCUT2D eigenvalue weighted by Gasteiger charge is -2.52. The van der Waals surface area contributed by atoms with Gasteiger partial charge in [0.25, 0.3) is 0 Å². The Balaban J connectivity index is 1.58. The average molecular weight is 662 g/mol. The number of carbonyl (C=O) groups is 2. The molecule has 7 nitrogen and oxygen atoms in total. The SMILES string of the molecule is CC(c1cccc(F)c1)S(=O)(=O)NC[C@H](C1CC1)N1C(=O)[C@@](C)(CC(=O)O)C[C@H](c2cccc(Cl)c2)[C@H]1c1ccc(Cl)cc1. The fourth-order valence-corrected chi connectivity index (χ4v) is 7.97. The van der Waals surface area contributed by atoms with Crippen molar-refractivity contribution in [1.29, 1.82) is 0 Å². The Morgan fingerprint density at radius 1 is 1.05 bits per heavy atom. The summed E-state index contributed by atoms with van der Waals surface area (Å²) in [4.78, 5) is 28.4. The molecule has 1 saturated heterocycles. The summed E-state index contributed by atoms with van der Waals surface area (Å²) >= 11 is 12.7. The quantitative estimate of drug-likeness (QED) is 0.228. The Kier molecular flexibility index (Phi) is 9.42. The van der Waals surface area contributed by atoms with Gasteiger partial charge in [-0.2, -0.15) is 0 Å². The number of amides is 1. The summed E-state index contributed by atoms with van der Waals surface area (Å²) in [5.41, 5.74) is 0.694. The van der Waals surface area contributed by atoms with Gasteiger partial charge in [0.05, 0.1) is 23.1 Å². The minimum atomic E-state index is -3.98. The molecule has 1 amide bonds. The number of carbonyl (C=O) groups excluding carboxylic acids is 1. The van der Waals surface area contributed by atoms with Crippen LogP contribution < -0.4 is 4.72 Å². The summed E-state index contributed by atoms with van der Waals surface area (Å²) in [6.07, 6.45) is 1.45. The number of nitrogens with zero attached hydrogens (tertiary/aromatic N) is 1. The van der Waals surface area contributed by atoms with E-state index in [9.17, 15) is 27.5 Å². The number of rotatable bonds is 11. The molecular formula is C33H35Cl2FN2O5S. The maximum atomic E-state index is 14.6. The second-order valence-corrected chi connectivity index (χ2v) is 15.2. The lowest BCUT2D eigenvalue weighted by molar-refractivity contribution is -0.161. The van der Waals surface area contributed by atoms with Crippen LogP contribution in [-0.2, 0) is 19.6 Å². The van der Waals surface area contributed by atoms with Crippen molar-refractivity contribution in [2.75, 3.05) is 6.54 Å². The molecule has 1 heterocycles. The predicted molar refractivity (Wildman–Crippen MR) is 168 cm³/mol. The van der Waals surface area contributed by atoms with Crippen molar-refractivity contribution in [3.05, 3.63) is 105 Å². The first kappa shape index (κ1) is 32.4. The molecule has 0 spiro atoms. The molecule has 1 aliphatic heterocycles. The van der Waals surface area contributed by atoms with Crippen molar-refractivity contribution < 1.29 is 27.5 Å². The molecule has 5 atom stereocenters. The van der Waals surface area contributed by atoms with Crippen LogP contribution in [0.3, 0.4) is 0 Å². The Labute approximate surface area is 267 Å². The monoisotopic (exact) mass is 660 g/mol.